The van der Waals surface area contributed by atoms with Crippen molar-refractivity contribution in [1.29, 1.82) is 0 Å². The van der Waals surface area contributed by atoms with Crippen molar-refractivity contribution in [2.75, 3.05) is 6.54 Å². The number of hydrogen-bond acceptors (Lipinski definition) is 5. The number of hydrogen-bond donors (Lipinski definition) is 4. The van der Waals surface area contributed by atoms with Crippen LogP contribution in [-0.2, 0) is 25.6 Å². The Hall–Kier alpha value is -2.94. The number of aliphatic carboxylic acids is 1. The van der Waals surface area contributed by atoms with Crippen molar-refractivity contribution in [3.8, 4) is 0 Å². The third-order valence-electron chi connectivity index (χ3n) is 6.12. The molecule has 1 saturated heterocycles. The van der Waals surface area contributed by atoms with Crippen LogP contribution >= 0.6 is 0 Å². The lowest BCUT2D eigenvalue weighted by Crippen LogP contribution is -2.57. The van der Waals surface area contributed by atoms with E-state index in [-0.39, 0.29) is 30.6 Å². The molecule has 5 N–H and O–H groups in total. The Labute approximate surface area is 207 Å². The summed E-state index contributed by atoms with van der Waals surface area (Å²) in [7, 11) is 0. The number of carbonyl (C=O) groups excluding carboxylic acids is 3. The second-order valence-electron chi connectivity index (χ2n) is 10.2. The lowest BCUT2D eigenvalue weighted by atomic mass is 10.0. The average molecular weight is 489 g/mol. The smallest absolute Gasteiger partial charge is 0.326 e. The molecule has 1 aliphatic heterocycles. The first kappa shape index (κ1) is 28.3. The monoisotopic (exact) mass is 488 g/mol. The molecular weight excluding hydrogens is 448 g/mol. The topological polar surface area (TPSA) is 142 Å². The summed E-state index contributed by atoms with van der Waals surface area (Å²) in [5.41, 5.74) is 6.91. The molecule has 1 aromatic rings. The fourth-order valence-corrected chi connectivity index (χ4v) is 4.42. The summed E-state index contributed by atoms with van der Waals surface area (Å²) >= 11 is 0. The highest BCUT2D eigenvalue weighted by Crippen LogP contribution is 2.20. The maximum Gasteiger partial charge on any atom is 0.326 e. The van der Waals surface area contributed by atoms with Crippen LogP contribution in [0.1, 0.15) is 58.9 Å². The van der Waals surface area contributed by atoms with E-state index >= 15 is 0 Å². The second-order valence-corrected chi connectivity index (χ2v) is 10.2. The zero-order chi connectivity index (χ0) is 26.1. The molecule has 4 unspecified atom stereocenters. The molecule has 194 valence electrons. The predicted octanol–water partition coefficient (Wildman–Crippen LogP) is 1.69. The Morgan fingerprint density at radius 3 is 2.20 bits per heavy atom. The number of carboxylic acids is 1. The molecule has 1 heterocycles. The van der Waals surface area contributed by atoms with Gasteiger partial charge in [0.05, 0.1) is 6.04 Å². The molecule has 0 aliphatic carbocycles. The number of carbonyl (C=O) groups is 4. The van der Waals surface area contributed by atoms with E-state index in [1.165, 1.54) is 4.90 Å². The van der Waals surface area contributed by atoms with Gasteiger partial charge in [0.2, 0.25) is 17.7 Å². The van der Waals surface area contributed by atoms with E-state index in [1.54, 1.807) is 0 Å². The summed E-state index contributed by atoms with van der Waals surface area (Å²) in [5.74, 6) is -2.07. The molecule has 2 rings (SSSR count). The molecule has 0 radical (unpaired) electrons. The zero-order valence-corrected chi connectivity index (χ0v) is 21.2. The van der Waals surface area contributed by atoms with Gasteiger partial charge in [-0.3, -0.25) is 14.4 Å². The first-order valence-corrected chi connectivity index (χ1v) is 12.4. The van der Waals surface area contributed by atoms with E-state index in [0.29, 0.717) is 25.8 Å². The summed E-state index contributed by atoms with van der Waals surface area (Å²) < 4.78 is 0. The van der Waals surface area contributed by atoms with Crippen molar-refractivity contribution in [3.63, 3.8) is 0 Å². The summed E-state index contributed by atoms with van der Waals surface area (Å²) in [6.07, 6.45) is 2.14. The molecule has 0 aromatic heterocycles. The van der Waals surface area contributed by atoms with Gasteiger partial charge in [-0.05, 0) is 43.1 Å². The fourth-order valence-electron chi connectivity index (χ4n) is 4.42. The van der Waals surface area contributed by atoms with Crippen LogP contribution in [0.3, 0.4) is 0 Å². The van der Waals surface area contributed by atoms with Crippen LogP contribution in [0, 0.1) is 11.8 Å². The minimum atomic E-state index is -1.12. The highest BCUT2D eigenvalue weighted by atomic mass is 16.4. The Morgan fingerprint density at radius 2 is 1.63 bits per heavy atom. The molecule has 1 aliphatic rings. The van der Waals surface area contributed by atoms with E-state index in [9.17, 15) is 24.3 Å². The minimum absolute atomic E-state index is 0.0617. The number of carboxylic acid groups (broad SMARTS) is 1. The molecule has 3 amide bonds. The Balaban J connectivity index is 2.18. The molecule has 1 aromatic carbocycles. The van der Waals surface area contributed by atoms with Gasteiger partial charge in [-0.15, -0.1) is 0 Å². The van der Waals surface area contributed by atoms with Gasteiger partial charge in [0.25, 0.3) is 0 Å². The summed E-state index contributed by atoms with van der Waals surface area (Å²) in [6, 6.07) is 5.75. The van der Waals surface area contributed by atoms with Gasteiger partial charge in [-0.1, -0.05) is 58.0 Å². The molecular formula is C26H40N4O5. The maximum atomic E-state index is 13.3. The summed E-state index contributed by atoms with van der Waals surface area (Å²) in [4.78, 5) is 52.5. The van der Waals surface area contributed by atoms with Crippen LogP contribution in [0.2, 0.25) is 0 Å². The zero-order valence-electron chi connectivity index (χ0n) is 21.2. The Bertz CT molecular complexity index is 874. The molecule has 0 saturated carbocycles. The molecule has 35 heavy (non-hydrogen) atoms. The van der Waals surface area contributed by atoms with Crippen LogP contribution in [0.15, 0.2) is 30.3 Å². The van der Waals surface area contributed by atoms with Gasteiger partial charge in [0.1, 0.15) is 18.1 Å². The average Bonchev–Trinajstić information content (AvgIpc) is 3.27. The number of rotatable bonds is 12. The first-order chi connectivity index (χ1) is 16.5. The van der Waals surface area contributed by atoms with Crippen molar-refractivity contribution in [2.24, 2.45) is 17.6 Å². The molecule has 9 nitrogen and oxygen atoms in total. The number of nitrogens with one attached hydrogen (secondary N) is 2. The third kappa shape index (κ3) is 8.65. The third-order valence-corrected chi connectivity index (χ3v) is 6.12. The van der Waals surface area contributed by atoms with E-state index in [1.807, 2.05) is 58.0 Å². The number of nitrogens with zero attached hydrogens (tertiary/aromatic N) is 1. The highest BCUT2D eigenvalue weighted by Gasteiger charge is 2.38. The van der Waals surface area contributed by atoms with Crippen molar-refractivity contribution in [3.05, 3.63) is 35.9 Å². The molecule has 0 bridgehead atoms. The van der Waals surface area contributed by atoms with Gasteiger partial charge >= 0.3 is 5.97 Å². The van der Waals surface area contributed by atoms with E-state index < -0.39 is 42.0 Å². The van der Waals surface area contributed by atoms with Crippen molar-refractivity contribution < 1.29 is 24.3 Å². The largest absolute Gasteiger partial charge is 0.480 e. The van der Waals surface area contributed by atoms with E-state index in [0.717, 1.165) is 5.56 Å². The van der Waals surface area contributed by atoms with Gasteiger partial charge in [-0.25, -0.2) is 4.79 Å². The van der Waals surface area contributed by atoms with Crippen LogP contribution in [-0.4, -0.2) is 64.4 Å². The van der Waals surface area contributed by atoms with Gasteiger partial charge < -0.3 is 26.4 Å². The van der Waals surface area contributed by atoms with Gasteiger partial charge in [0.15, 0.2) is 0 Å². The van der Waals surface area contributed by atoms with Crippen molar-refractivity contribution >= 4 is 23.7 Å². The number of nitrogens with two attached hydrogens (primary N) is 1. The number of likely N-dealkylation sites (tertiary alicyclic amines) is 1. The number of amides is 3. The van der Waals surface area contributed by atoms with E-state index in [4.69, 9.17) is 5.73 Å². The molecule has 4 atom stereocenters. The van der Waals surface area contributed by atoms with Crippen molar-refractivity contribution in [2.45, 2.75) is 84.0 Å². The lowest BCUT2D eigenvalue weighted by molar-refractivity contribution is -0.143. The minimum Gasteiger partial charge on any atom is -0.480 e. The molecule has 0 spiro atoms. The van der Waals surface area contributed by atoms with E-state index in [2.05, 4.69) is 10.6 Å². The van der Waals surface area contributed by atoms with Gasteiger partial charge in [0, 0.05) is 13.0 Å². The maximum absolute atomic E-state index is 13.3. The van der Waals surface area contributed by atoms with Crippen LogP contribution < -0.4 is 16.4 Å². The van der Waals surface area contributed by atoms with Crippen LogP contribution in [0.25, 0.3) is 0 Å². The fraction of sp³-hybridized carbons (Fsp3) is 0.615. The Morgan fingerprint density at radius 1 is 1.00 bits per heavy atom. The van der Waals surface area contributed by atoms with Crippen LogP contribution in [0.4, 0.5) is 0 Å². The normalized spacial score (nSPS) is 18.3. The van der Waals surface area contributed by atoms with Crippen LogP contribution in [0.5, 0.6) is 0 Å². The highest BCUT2D eigenvalue weighted by molar-refractivity contribution is 5.94. The molecule has 9 heteroatoms. The predicted molar refractivity (Wildman–Crippen MR) is 133 cm³/mol. The summed E-state index contributed by atoms with van der Waals surface area (Å²) in [5, 5.41) is 14.9. The SMILES string of the molecule is CC(C)CC(N)C(=O)N1CCCC1C(=O)NC(Cc1ccccc1)C(=O)NC(CC(C)C)C(=O)O. The standard InChI is InChI=1S/C26H40N4O5/c1-16(2)13-19(27)25(33)30-12-8-11-22(30)24(32)28-20(15-18-9-6-5-7-10-18)23(31)29-21(26(34)35)14-17(3)4/h5-7,9-10,16-17,19-22H,8,11-15,27H2,1-4H3,(H,28,32)(H,29,31)(H,34,35). The number of benzene rings is 1. The molecule has 1 fully saturated rings. The van der Waals surface area contributed by atoms with Gasteiger partial charge in [-0.2, -0.15) is 0 Å². The quantitative estimate of drug-likeness (QED) is 0.353. The Kier molecular flexibility index (Phi) is 10.7. The van der Waals surface area contributed by atoms with Crippen molar-refractivity contribution in [1.82, 2.24) is 15.5 Å². The second kappa shape index (κ2) is 13.2. The first-order valence-electron chi connectivity index (χ1n) is 12.4. The summed E-state index contributed by atoms with van der Waals surface area (Å²) in [6.45, 7) is 8.16. The lowest BCUT2D eigenvalue weighted by Gasteiger charge is -2.29.